The van der Waals surface area contributed by atoms with Crippen LogP contribution in [0.2, 0.25) is 0 Å². The van der Waals surface area contributed by atoms with Crippen LogP contribution in [0.3, 0.4) is 0 Å². The van der Waals surface area contributed by atoms with E-state index in [1.54, 1.807) is 0 Å². The summed E-state index contributed by atoms with van der Waals surface area (Å²) in [5.41, 5.74) is 0. The molecule has 0 bridgehead atoms. The fraction of sp³-hybridized carbons (Fsp3) is 1.00. The van der Waals surface area contributed by atoms with Gasteiger partial charge < -0.3 is 0 Å². The highest BCUT2D eigenvalue weighted by atomic mass is 31.2. The lowest BCUT2D eigenvalue weighted by molar-refractivity contribution is -0.0275. The first-order chi connectivity index (χ1) is 38.1. The van der Waals surface area contributed by atoms with Crippen LogP contribution in [0.25, 0.3) is 0 Å². The lowest BCUT2D eigenvalue weighted by atomic mass is 9.83. The smallest absolute Gasteiger partial charge is 0.283 e. The average molecular weight is 1100 g/mol. The van der Waals surface area contributed by atoms with Gasteiger partial charge >= 0.3 is 7.82 Å². The lowest BCUT2D eigenvalue weighted by Crippen LogP contribution is -2.32. The van der Waals surface area contributed by atoms with Gasteiger partial charge in [0.25, 0.3) is 0 Å². The third-order valence-corrected chi connectivity index (χ3v) is 21.2. The van der Waals surface area contributed by atoms with Crippen molar-refractivity contribution in [2.75, 3.05) is 0 Å². The van der Waals surface area contributed by atoms with Crippen LogP contribution in [-0.4, -0.2) is 18.3 Å². The molecule has 0 aromatic carbocycles. The van der Waals surface area contributed by atoms with Crippen LogP contribution < -0.4 is 0 Å². The van der Waals surface area contributed by atoms with E-state index >= 15 is 4.57 Å². The van der Waals surface area contributed by atoms with E-state index in [0.717, 1.165) is 19.3 Å². The molecule has 3 rings (SSSR count). The Kier molecular flexibility index (Phi) is 49.0. The van der Waals surface area contributed by atoms with Gasteiger partial charge in [0, 0.05) is 0 Å². The topological polar surface area (TPSA) is 44.8 Å². The summed E-state index contributed by atoms with van der Waals surface area (Å²) in [6.45, 7) is 6.95. The molecule has 3 aliphatic rings. The van der Waals surface area contributed by atoms with Crippen LogP contribution in [0.5, 0.6) is 0 Å². The summed E-state index contributed by atoms with van der Waals surface area (Å²) in [6.07, 6.45) is 84.2. The Labute approximate surface area is 485 Å². The van der Waals surface area contributed by atoms with Gasteiger partial charge in [0.2, 0.25) is 0 Å². The van der Waals surface area contributed by atoms with Gasteiger partial charge in [-0.15, -0.1) is 0 Å². The molecule has 3 atom stereocenters. The summed E-state index contributed by atoms with van der Waals surface area (Å²) in [4.78, 5) is 0. The molecule has 0 heterocycles. The van der Waals surface area contributed by atoms with Gasteiger partial charge in [0.05, 0.1) is 18.3 Å². The third kappa shape index (κ3) is 40.1. The molecule has 0 amide bonds. The first-order valence-corrected chi connectivity index (χ1v) is 38.2. The second kappa shape index (κ2) is 52.9. The van der Waals surface area contributed by atoms with Crippen molar-refractivity contribution in [2.24, 2.45) is 17.8 Å². The molecule has 3 fully saturated rings. The van der Waals surface area contributed by atoms with E-state index in [2.05, 4.69) is 20.8 Å². The van der Waals surface area contributed by atoms with Crippen LogP contribution in [0.15, 0.2) is 0 Å². The fourth-order valence-electron chi connectivity index (χ4n) is 14.4. The number of hydrogen-bond acceptors (Lipinski definition) is 4. The molecule has 0 radical (unpaired) electrons. The predicted octanol–water partition coefficient (Wildman–Crippen LogP) is 26.8. The van der Waals surface area contributed by atoms with Gasteiger partial charge in [-0.05, 0) is 75.5 Å². The van der Waals surface area contributed by atoms with Gasteiger partial charge in [-0.1, -0.05) is 367 Å². The molecule has 0 aliphatic heterocycles. The van der Waals surface area contributed by atoms with Crippen molar-refractivity contribution in [2.45, 2.75) is 444 Å². The Balaban J connectivity index is 1.62. The van der Waals surface area contributed by atoms with Gasteiger partial charge in [-0.2, -0.15) is 0 Å². The summed E-state index contributed by atoms with van der Waals surface area (Å²) >= 11 is 0. The second-order valence-electron chi connectivity index (χ2n) is 26.8. The Morgan fingerprint density at radius 1 is 0.247 bits per heavy atom. The average Bonchev–Trinajstić information content (AvgIpc) is 3.46. The summed E-state index contributed by atoms with van der Waals surface area (Å²) < 4.78 is 38.1. The highest BCUT2D eigenvalue weighted by molar-refractivity contribution is 7.48. The molecule has 0 aromatic rings. The van der Waals surface area contributed by atoms with E-state index in [1.165, 1.54) is 385 Å². The maximum Gasteiger partial charge on any atom is 0.475 e. The van der Waals surface area contributed by atoms with E-state index in [1.807, 2.05) is 0 Å². The van der Waals surface area contributed by atoms with Crippen LogP contribution in [-0.2, 0) is 18.1 Å². The van der Waals surface area contributed by atoms with Gasteiger partial charge in [-0.25, -0.2) is 4.57 Å². The molecule has 77 heavy (non-hydrogen) atoms. The second-order valence-corrected chi connectivity index (χ2v) is 28.3. The van der Waals surface area contributed by atoms with Crippen molar-refractivity contribution < 1.29 is 18.1 Å². The minimum absolute atomic E-state index is 0.0151. The van der Waals surface area contributed by atoms with Crippen LogP contribution in [0.1, 0.15) is 425 Å². The van der Waals surface area contributed by atoms with Crippen molar-refractivity contribution in [3.05, 3.63) is 0 Å². The van der Waals surface area contributed by atoms with Crippen molar-refractivity contribution in [1.29, 1.82) is 0 Å². The van der Waals surface area contributed by atoms with E-state index in [-0.39, 0.29) is 18.3 Å². The fourth-order valence-corrected chi connectivity index (χ4v) is 16.3. The molecule has 5 heteroatoms. The minimum atomic E-state index is -3.86. The monoisotopic (exact) mass is 1100 g/mol. The number of hydrogen-bond donors (Lipinski definition) is 0. The van der Waals surface area contributed by atoms with E-state index in [0.29, 0.717) is 17.8 Å². The molecule has 458 valence electrons. The van der Waals surface area contributed by atoms with Crippen LogP contribution in [0.4, 0.5) is 0 Å². The zero-order valence-corrected chi connectivity index (χ0v) is 54.0. The molecule has 3 unspecified atom stereocenters. The molecule has 0 saturated heterocycles. The third-order valence-electron chi connectivity index (χ3n) is 19.6. The number of phosphoric acid groups is 1. The molecule has 4 nitrogen and oxygen atoms in total. The maximum atomic E-state index is 16.2. The van der Waals surface area contributed by atoms with Crippen LogP contribution >= 0.6 is 7.82 Å². The number of phosphoric ester groups is 1. The maximum absolute atomic E-state index is 16.2. The first kappa shape index (κ1) is 71.4. The summed E-state index contributed by atoms with van der Waals surface area (Å²) in [5.74, 6) is 1.43. The SMILES string of the molecule is CCCCCCCCCCCCCCCCCC(OP(=O)(OC(CCCCCCCCCCCCCCCCC)C1CCCCC1)OC(CCCCCCCCCCCCCCCCC)C1CCCCC1)C1CCCCC1. The van der Waals surface area contributed by atoms with Crippen molar-refractivity contribution in [3.8, 4) is 0 Å². The van der Waals surface area contributed by atoms with Gasteiger partial charge in [0.15, 0.2) is 0 Å². The minimum Gasteiger partial charge on any atom is -0.283 e. The number of unbranched alkanes of at least 4 members (excludes halogenated alkanes) is 42. The Morgan fingerprint density at radius 2 is 0.403 bits per heavy atom. The molecule has 3 saturated carbocycles. The molecular formula is C72H141O4P. The van der Waals surface area contributed by atoms with Crippen molar-refractivity contribution >= 4 is 7.82 Å². The first-order valence-electron chi connectivity index (χ1n) is 36.7. The highest BCUT2D eigenvalue weighted by Gasteiger charge is 2.42. The van der Waals surface area contributed by atoms with E-state index in [9.17, 15) is 0 Å². The highest BCUT2D eigenvalue weighted by Crippen LogP contribution is 2.58. The zero-order chi connectivity index (χ0) is 54.6. The zero-order valence-electron chi connectivity index (χ0n) is 53.1. The molecule has 3 aliphatic carbocycles. The summed E-state index contributed by atoms with van der Waals surface area (Å²) in [7, 11) is -3.86. The van der Waals surface area contributed by atoms with E-state index in [4.69, 9.17) is 13.6 Å². The lowest BCUT2D eigenvalue weighted by Gasteiger charge is -2.38. The Morgan fingerprint density at radius 3 is 0.571 bits per heavy atom. The van der Waals surface area contributed by atoms with Crippen LogP contribution in [0, 0.1) is 17.8 Å². The van der Waals surface area contributed by atoms with E-state index < -0.39 is 7.82 Å². The van der Waals surface area contributed by atoms with Crippen molar-refractivity contribution in [1.82, 2.24) is 0 Å². The molecule has 0 N–H and O–H groups in total. The Bertz CT molecular complexity index is 1090. The van der Waals surface area contributed by atoms with Gasteiger partial charge in [-0.3, -0.25) is 13.6 Å². The normalized spacial score (nSPS) is 18.2. The largest absolute Gasteiger partial charge is 0.475 e. The van der Waals surface area contributed by atoms with Gasteiger partial charge in [0.1, 0.15) is 0 Å². The summed E-state index contributed by atoms with van der Waals surface area (Å²) in [6, 6.07) is 0. The molecular weight excluding hydrogens is 960 g/mol. The molecule has 0 aromatic heterocycles. The quantitative estimate of drug-likeness (QED) is 0.0450. The number of rotatable bonds is 57. The van der Waals surface area contributed by atoms with Crippen molar-refractivity contribution in [3.63, 3.8) is 0 Å². The summed E-state index contributed by atoms with van der Waals surface area (Å²) in [5, 5.41) is 0. The predicted molar refractivity (Wildman–Crippen MR) is 341 cm³/mol. The Hall–Kier alpha value is 0.110. The standard InChI is InChI=1S/C72H141O4P/c1-4-7-10-13-16-19-22-25-28-31-34-37-40-43-55-64-70(67-58-49-46-50-59-67)74-77(73,75-71(68-60-51-47-52-61-68)65-56-44-41-38-35-32-29-26-23-20-17-14-11-8-5-2)76-72(69-62-53-48-54-63-69)66-57-45-42-39-36-33-30-27-24-21-18-15-12-9-6-3/h67-72H,4-66H2,1-3H3. The molecule has 0 spiro atoms.